The number of imide groups is 1. The highest BCUT2D eigenvalue weighted by Crippen LogP contribution is 2.37. The normalized spacial score (nSPS) is 16.3. The van der Waals surface area contributed by atoms with Crippen LogP contribution in [-0.2, 0) is 4.79 Å². The minimum atomic E-state index is -0.323. The van der Waals surface area contributed by atoms with Crippen LogP contribution < -0.4 is 9.47 Å². The molecule has 0 radical (unpaired) electrons. The highest BCUT2D eigenvalue weighted by Gasteiger charge is 2.34. The molecule has 0 bridgehead atoms. The van der Waals surface area contributed by atoms with Crippen molar-refractivity contribution in [3.8, 4) is 11.5 Å². The zero-order valence-electron chi connectivity index (χ0n) is 12.1. The molecule has 116 valence electrons. The Hall–Kier alpha value is -1.73. The fraction of sp³-hybridized carbons (Fsp3) is 0.200. The highest BCUT2D eigenvalue weighted by atomic mass is 79.9. The molecule has 0 spiro atoms. The second kappa shape index (κ2) is 7.02. The van der Waals surface area contributed by atoms with Crippen molar-refractivity contribution in [3.63, 3.8) is 0 Å². The first kappa shape index (κ1) is 16.6. The molecule has 0 N–H and O–H groups in total. The summed E-state index contributed by atoms with van der Waals surface area (Å²) < 4.78 is 11.2. The molecule has 1 aromatic carbocycles. The van der Waals surface area contributed by atoms with Gasteiger partial charge in [-0.3, -0.25) is 14.5 Å². The number of benzene rings is 1. The van der Waals surface area contributed by atoms with Crippen LogP contribution in [0.25, 0.3) is 6.08 Å². The van der Waals surface area contributed by atoms with Gasteiger partial charge in [0.1, 0.15) is 0 Å². The SMILES string of the molecule is C=CCN1C(=O)S/C(=C/c2cc(OC)c(OC)cc2Br)C1=O. The first-order chi connectivity index (χ1) is 10.5. The van der Waals surface area contributed by atoms with Crippen LogP contribution in [0.4, 0.5) is 4.79 Å². The Morgan fingerprint density at radius 1 is 1.27 bits per heavy atom. The molecule has 22 heavy (non-hydrogen) atoms. The fourth-order valence-electron chi connectivity index (χ4n) is 1.91. The summed E-state index contributed by atoms with van der Waals surface area (Å²) >= 11 is 4.33. The van der Waals surface area contributed by atoms with Crippen molar-refractivity contribution in [3.05, 3.63) is 39.7 Å². The van der Waals surface area contributed by atoms with Crippen molar-refractivity contribution in [2.24, 2.45) is 0 Å². The quantitative estimate of drug-likeness (QED) is 0.573. The number of carbonyl (C=O) groups excluding carboxylic acids is 2. The van der Waals surface area contributed by atoms with Crippen LogP contribution in [-0.4, -0.2) is 36.8 Å². The zero-order chi connectivity index (χ0) is 16.3. The Morgan fingerprint density at radius 2 is 1.91 bits per heavy atom. The molecular weight excluding hydrogens is 370 g/mol. The molecule has 1 heterocycles. The Labute approximate surface area is 141 Å². The van der Waals surface area contributed by atoms with Crippen LogP contribution in [0, 0.1) is 0 Å². The van der Waals surface area contributed by atoms with Crippen LogP contribution in [0.3, 0.4) is 0 Å². The molecule has 7 heteroatoms. The van der Waals surface area contributed by atoms with Crippen LogP contribution in [0.5, 0.6) is 11.5 Å². The molecule has 2 rings (SSSR count). The first-order valence-corrected chi connectivity index (χ1v) is 7.90. The number of thioether (sulfide) groups is 1. The molecule has 1 aliphatic rings. The van der Waals surface area contributed by atoms with Gasteiger partial charge in [-0.2, -0.15) is 0 Å². The molecule has 1 fully saturated rings. The van der Waals surface area contributed by atoms with Gasteiger partial charge in [0, 0.05) is 11.0 Å². The molecule has 5 nitrogen and oxygen atoms in total. The molecule has 0 atom stereocenters. The number of carbonyl (C=O) groups is 2. The summed E-state index contributed by atoms with van der Waals surface area (Å²) in [6.45, 7) is 3.75. The topological polar surface area (TPSA) is 55.8 Å². The number of ether oxygens (including phenoxy) is 2. The summed E-state index contributed by atoms with van der Waals surface area (Å²) in [5.74, 6) is 0.796. The highest BCUT2D eigenvalue weighted by molar-refractivity contribution is 9.10. The van der Waals surface area contributed by atoms with Gasteiger partial charge in [0.15, 0.2) is 11.5 Å². The van der Waals surface area contributed by atoms with Gasteiger partial charge in [-0.25, -0.2) is 0 Å². The van der Waals surface area contributed by atoms with E-state index in [-0.39, 0.29) is 17.7 Å². The molecular formula is C15H14BrNO4S. The molecule has 0 aromatic heterocycles. The van der Waals surface area contributed by atoms with Crippen molar-refractivity contribution in [2.45, 2.75) is 0 Å². The number of hydrogen-bond donors (Lipinski definition) is 0. The van der Waals surface area contributed by atoms with Crippen molar-refractivity contribution in [2.75, 3.05) is 20.8 Å². The molecule has 1 aromatic rings. The van der Waals surface area contributed by atoms with Crippen molar-refractivity contribution >= 4 is 44.9 Å². The van der Waals surface area contributed by atoms with E-state index in [1.165, 1.54) is 13.2 Å². The lowest BCUT2D eigenvalue weighted by Gasteiger charge is -2.10. The third-order valence-corrected chi connectivity index (χ3v) is 4.57. The largest absolute Gasteiger partial charge is 0.493 e. The van der Waals surface area contributed by atoms with Gasteiger partial charge in [0.05, 0.1) is 19.1 Å². The molecule has 0 saturated carbocycles. The Kier molecular flexibility index (Phi) is 5.31. The van der Waals surface area contributed by atoms with Crippen LogP contribution in [0.2, 0.25) is 0 Å². The smallest absolute Gasteiger partial charge is 0.293 e. The zero-order valence-corrected chi connectivity index (χ0v) is 14.5. The summed E-state index contributed by atoms with van der Waals surface area (Å²) in [7, 11) is 3.08. The average Bonchev–Trinajstić information content (AvgIpc) is 2.76. The van der Waals surface area contributed by atoms with Gasteiger partial charge in [0.2, 0.25) is 0 Å². The minimum absolute atomic E-state index is 0.203. The Bertz CT molecular complexity index is 672. The van der Waals surface area contributed by atoms with Crippen LogP contribution >= 0.6 is 27.7 Å². The third kappa shape index (κ3) is 3.20. The van der Waals surface area contributed by atoms with E-state index in [1.54, 1.807) is 25.3 Å². The number of nitrogens with zero attached hydrogens (tertiary/aromatic N) is 1. The van der Waals surface area contributed by atoms with E-state index in [0.29, 0.717) is 16.4 Å². The van der Waals surface area contributed by atoms with Gasteiger partial charge < -0.3 is 9.47 Å². The lowest BCUT2D eigenvalue weighted by Crippen LogP contribution is -2.27. The van der Waals surface area contributed by atoms with E-state index in [4.69, 9.17) is 9.47 Å². The monoisotopic (exact) mass is 383 g/mol. The number of amides is 2. The van der Waals surface area contributed by atoms with E-state index >= 15 is 0 Å². The predicted molar refractivity (Wildman–Crippen MR) is 90.1 cm³/mol. The van der Waals surface area contributed by atoms with Gasteiger partial charge in [-0.05, 0) is 35.5 Å². The molecule has 2 amide bonds. The number of halogens is 1. The second-order valence-corrected chi connectivity index (χ2v) is 6.16. The number of methoxy groups -OCH3 is 2. The maximum atomic E-state index is 12.2. The lowest BCUT2D eigenvalue weighted by molar-refractivity contribution is -0.122. The van der Waals surface area contributed by atoms with Gasteiger partial charge >= 0.3 is 0 Å². The van der Waals surface area contributed by atoms with Gasteiger partial charge in [-0.1, -0.05) is 22.0 Å². The third-order valence-electron chi connectivity index (χ3n) is 2.97. The predicted octanol–water partition coefficient (Wildman–Crippen LogP) is 3.69. The first-order valence-electron chi connectivity index (χ1n) is 6.29. The standard InChI is InChI=1S/C15H14BrNO4S/c1-4-5-17-14(18)13(22-15(17)19)7-9-6-11(20-2)12(21-3)8-10(9)16/h4,6-8H,1,5H2,2-3H3/b13-7+. The van der Waals surface area contributed by atoms with Crippen molar-refractivity contribution < 1.29 is 19.1 Å². The fourth-order valence-corrected chi connectivity index (χ4v) is 3.18. The summed E-state index contributed by atoms with van der Waals surface area (Å²) in [6.07, 6.45) is 3.17. The van der Waals surface area contributed by atoms with Crippen molar-refractivity contribution in [1.82, 2.24) is 4.90 Å². The van der Waals surface area contributed by atoms with Crippen molar-refractivity contribution in [1.29, 1.82) is 0 Å². The maximum Gasteiger partial charge on any atom is 0.293 e. The van der Waals surface area contributed by atoms with E-state index in [0.717, 1.165) is 26.7 Å². The number of rotatable bonds is 5. The van der Waals surface area contributed by atoms with E-state index < -0.39 is 0 Å². The average molecular weight is 384 g/mol. The molecule has 0 unspecified atom stereocenters. The minimum Gasteiger partial charge on any atom is -0.493 e. The summed E-state index contributed by atoms with van der Waals surface area (Å²) in [5, 5.41) is -0.298. The van der Waals surface area contributed by atoms with Gasteiger partial charge in [-0.15, -0.1) is 6.58 Å². The Balaban J connectivity index is 2.39. The second-order valence-electron chi connectivity index (χ2n) is 4.31. The van der Waals surface area contributed by atoms with E-state index in [9.17, 15) is 9.59 Å². The molecule has 1 aliphatic heterocycles. The maximum absolute atomic E-state index is 12.2. The van der Waals surface area contributed by atoms with Crippen LogP contribution in [0.15, 0.2) is 34.2 Å². The van der Waals surface area contributed by atoms with Crippen LogP contribution in [0.1, 0.15) is 5.56 Å². The lowest BCUT2D eigenvalue weighted by atomic mass is 10.2. The molecule has 1 saturated heterocycles. The van der Waals surface area contributed by atoms with E-state index in [2.05, 4.69) is 22.5 Å². The van der Waals surface area contributed by atoms with Gasteiger partial charge in [0.25, 0.3) is 11.1 Å². The van der Waals surface area contributed by atoms with E-state index in [1.807, 2.05) is 0 Å². The Morgan fingerprint density at radius 3 is 2.50 bits per heavy atom. The summed E-state index contributed by atoms with van der Waals surface area (Å²) in [4.78, 5) is 25.5. The summed E-state index contributed by atoms with van der Waals surface area (Å²) in [6, 6.07) is 3.49. The number of hydrogen-bond acceptors (Lipinski definition) is 5. The molecule has 0 aliphatic carbocycles. The summed E-state index contributed by atoms with van der Waals surface area (Å²) in [5.41, 5.74) is 0.724.